The smallest absolute Gasteiger partial charge is 0.220 e. The molecule has 2 heterocycles. The van der Waals surface area contributed by atoms with Gasteiger partial charge < -0.3 is 9.88 Å². The zero-order valence-electron chi connectivity index (χ0n) is 13.6. The summed E-state index contributed by atoms with van der Waals surface area (Å²) >= 11 is 0. The van der Waals surface area contributed by atoms with Gasteiger partial charge in [0, 0.05) is 37.3 Å². The van der Waals surface area contributed by atoms with Crippen LogP contribution in [0, 0.1) is 5.92 Å². The van der Waals surface area contributed by atoms with Gasteiger partial charge in [0.25, 0.3) is 0 Å². The van der Waals surface area contributed by atoms with Gasteiger partial charge in [0.05, 0.1) is 16.8 Å². The number of aromatic nitrogens is 2. The molecule has 1 aliphatic heterocycles. The minimum atomic E-state index is -3.10. The summed E-state index contributed by atoms with van der Waals surface area (Å²) in [5.41, 5.74) is 2.06. The topological polar surface area (TPSA) is 81.1 Å². The summed E-state index contributed by atoms with van der Waals surface area (Å²) in [5, 5.41) is 4.06. The summed E-state index contributed by atoms with van der Waals surface area (Å²) in [6.45, 7) is 3.39. The van der Waals surface area contributed by atoms with Crippen LogP contribution in [-0.2, 0) is 27.6 Å². The highest BCUT2D eigenvalue weighted by atomic mass is 32.2. The molecule has 128 valence electrons. The number of nitrogens with one attached hydrogen (secondary N) is 1. The van der Waals surface area contributed by atoms with E-state index in [1.807, 2.05) is 24.3 Å². The van der Waals surface area contributed by atoms with Gasteiger partial charge in [0.2, 0.25) is 5.91 Å². The number of imidazole rings is 1. The number of benzene rings is 1. The second kappa shape index (κ2) is 6.76. The van der Waals surface area contributed by atoms with Crippen LogP contribution in [0.2, 0.25) is 0 Å². The molecule has 0 saturated heterocycles. The number of sulfone groups is 1. The number of rotatable bonds is 6. The summed E-state index contributed by atoms with van der Waals surface area (Å²) in [6.07, 6.45) is 2.46. The van der Waals surface area contributed by atoms with E-state index in [1.165, 1.54) is 5.41 Å². The lowest BCUT2D eigenvalue weighted by molar-refractivity contribution is -0.121. The Morgan fingerprint density at radius 1 is 1.38 bits per heavy atom. The number of carbonyl (C=O) groups is 1. The molecule has 1 amide bonds. The number of nitrogens with zero attached hydrogens (tertiary/aromatic N) is 2. The molecule has 1 aliphatic rings. The van der Waals surface area contributed by atoms with E-state index in [-0.39, 0.29) is 24.0 Å². The lowest BCUT2D eigenvalue weighted by Gasteiger charge is -2.09. The summed E-state index contributed by atoms with van der Waals surface area (Å²) in [7, 11) is -3.10. The lowest BCUT2D eigenvalue weighted by atomic mass is 10.1. The first-order valence-corrected chi connectivity index (χ1v) is 9.82. The normalized spacial score (nSPS) is 19.0. The van der Waals surface area contributed by atoms with Crippen molar-refractivity contribution >= 4 is 26.8 Å². The largest absolute Gasteiger partial charge is 0.356 e. The minimum absolute atomic E-state index is 0.0338. The predicted octanol–water partition coefficient (Wildman–Crippen LogP) is 1.66. The molecule has 0 bridgehead atoms. The third-order valence-electron chi connectivity index (χ3n) is 4.17. The molecular weight excluding hydrogens is 326 g/mol. The van der Waals surface area contributed by atoms with Crippen LogP contribution in [0.4, 0.5) is 0 Å². The maximum absolute atomic E-state index is 12.0. The first-order chi connectivity index (χ1) is 11.5. The van der Waals surface area contributed by atoms with Crippen molar-refractivity contribution in [2.75, 3.05) is 12.3 Å². The van der Waals surface area contributed by atoms with Gasteiger partial charge in [-0.15, -0.1) is 0 Å². The molecule has 0 aliphatic carbocycles. The fourth-order valence-electron chi connectivity index (χ4n) is 3.06. The van der Waals surface area contributed by atoms with Gasteiger partial charge >= 0.3 is 0 Å². The van der Waals surface area contributed by atoms with E-state index in [0.29, 0.717) is 13.0 Å². The lowest BCUT2D eigenvalue weighted by Crippen LogP contribution is -2.28. The minimum Gasteiger partial charge on any atom is -0.356 e. The van der Waals surface area contributed by atoms with E-state index < -0.39 is 9.84 Å². The Labute approximate surface area is 141 Å². The first kappa shape index (κ1) is 16.7. The van der Waals surface area contributed by atoms with Crippen LogP contribution in [0.25, 0.3) is 11.0 Å². The molecule has 6 nitrogen and oxygen atoms in total. The number of para-hydroxylation sites is 2. The summed E-state index contributed by atoms with van der Waals surface area (Å²) < 4.78 is 24.8. The number of amides is 1. The maximum atomic E-state index is 12.0. The Kier molecular flexibility index (Phi) is 4.71. The molecule has 24 heavy (non-hydrogen) atoms. The Bertz CT molecular complexity index is 884. The predicted molar refractivity (Wildman–Crippen MR) is 93.2 cm³/mol. The quantitative estimate of drug-likeness (QED) is 0.862. The van der Waals surface area contributed by atoms with Crippen molar-refractivity contribution < 1.29 is 13.2 Å². The van der Waals surface area contributed by atoms with E-state index in [1.54, 1.807) is 6.08 Å². The summed E-state index contributed by atoms with van der Waals surface area (Å²) in [4.78, 5) is 16.6. The highest BCUT2D eigenvalue weighted by molar-refractivity contribution is 7.94. The Hall–Kier alpha value is -2.15. The summed E-state index contributed by atoms with van der Waals surface area (Å²) in [5.74, 6) is 0.643. The summed E-state index contributed by atoms with van der Waals surface area (Å²) in [6, 6.07) is 7.98. The second-order valence-corrected chi connectivity index (χ2v) is 7.91. The zero-order valence-corrected chi connectivity index (χ0v) is 14.4. The van der Waals surface area contributed by atoms with Gasteiger partial charge in [-0.05, 0) is 19.1 Å². The van der Waals surface area contributed by atoms with Crippen LogP contribution < -0.4 is 5.32 Å². The van der Waals surface area contributed by atoms with Crippen LogP contribution in [0.15, 0.2) is 35.7 Å². The molecule has 0 saturated carbocycles. The molecule has 1 atom stereocenters. The average molecular weight is 347 g/mol. The third kappa shape index (κ3) is 3.67. The van der Waals surface area contributed by atoms with Crippen LogP contribution in [0.3, 0.4) is 0 Å². The van der Waals surface area contributed by atoms with Gasteiger partial charge in [-0.3, -0.25) is 4.79 Å². The highest BCUT2D eigenvalue weighted by Gasteiger charge is 2.23. The van der Waals surface area contributed by atoms with Gasteiger partial charge in [-0.1, -0.05) is 18.2 Å². The van der Waals surface area contributed by atoms with Crippen molar-refractivity contribution in [1.29, 1.82) is 0 Å². The van der Waals surface area contributed by atoms with Crippen LogP contribution in [0.5, 0.6) is 0 Å². The number of hydrogen-bond donors (Lipinski definition) is 1. The van der Waals surface area contributed by atoms with Crippen molar-refractivity contribution in [3.05, 3.63) is 41.6 Å². The zero-order chi connectivity index (χ0) is 17.2. The molecular formula is C17H21N3O3S. The molecule has 2 aromatic rings. The number of carbonyl (C=O) groups excluding carboxylic acids is 1. The van der Waals surface area contributed by atoms with Gasteiger partial charge in [-0.2, -0.15) is 0 Å². The van der Waals surface area contributed by atoms with Crippen molar-refractivity contribution in [2.24, 2.45) is 5.92 Å². The van der Waals surface area contributed by atoms with E-state index in [4.69, 9.17) is 0 Å². The fraction of sp³-hybridized carbons (Fsp3) is 0.412. The second-order valence-electron chi connectivity index (χ2n) is 5.98. The van der Waals surface area contributed by atoms with Gasteiger partial charge in [-0.25, -0.2) is 13.4 Å². The maximum Gasteiger partial charge on any atom is 0.220 e. The molecule has 3 rings (SSSR count). The van der Waals surface area contributed by atoms with Crippen molar-refractivity contribution in [1.82, 2.24) is 14.9 Å². The molecule has 1 aromatic carbocycles. The number of allylic oxidation sites excluding steroid dienone is 1. The van der Waals surface area contributed by atoms with Gasteiger partial charge in [0.1, 0.15) is 5.82 Å². The number of aryl methyl sites for hydroxylation is 1. The van der Waals surface area contributed by atoms with Crippen LogP contribution in [-0.4, -0.2) is 36.2 Å². The number of fused-ring (bicyclic) bond motifs is 1. The standard InChI is InChI=1S/C17H21N3O3S/c1-2-20-15-6-4-3-5-14(15)19-16(20)7-9-18-17(21)11-13-8-10-24(22,23)12-13/h3-6,8,10,13H,2,7,9,11-12H2,1H3,(H,18,21). The molecule has 0 spiro atoms. The Morgan fingerprint density at radius 2 is 2.17 bits per heavy atom. The van der Waals surface area contributed by atoms with Crippen molar-refractivity contribution in [2.45, 2.75) is 26.3 Å². The van der Waals surface area contributed by atoms with Crippen LogP contribution in [0.1, 0.15) is 19.2 Å². The Morgan fingerprint density at radius 3 is 2.88 bits per heavy atom. The molecule has 7 heteroatoms. The number of hydrogen-bond acceptors (Lipinski definition) is 4. The van der Waals surface area contributed by atoms with Crippen molar-refractivity contribution in [3.8, 4) is 0 Å². The highest BCUT2D eigenvalue weighted by Crippen LogP contribution is 2.18. The Balaban J connectivity index is 1.55. The molecule has 1 unspecified atom stereocenters. The molecule has 0 radical (unpaired) electrons. The monoisotopic (exact) mass is 347 g/mol. The van der Waals surface area contributed by atoms with E-state index in [0.717, 1.165) is 23.4 Å². The van der Waals surface area contributed by atoms with Gasteiger partial charge in [0.15, 0.2) is 9.84 Å². The molecule has 1 aromatic heterocycles. The average Bonchev–Trinajstić information content (AvgIpc) is 3.06. The molecule has 1 N–H and O–H groups in total. The van der Waals surface area contributed by atoms with E-state index in [2.05, 4.69) is 21.8 Å². The SMILES string of the molecule is CCn1c(CCNC(=O)CC2C=CS(=O)(=O)C2)nc2ccccc21. The van der Waals surface area contributed by atoms with Crippen LogP contribution >= 0.6 is 0 Å². The van der Waals surface area contributed by atoms with E-state index >= 15 is 0 Å². The fourth-order valence-corrected chi connectivity index (χ4v) is 4.46. The van der Waals surface area contributed by atoms with Crippen molar-refractivity contribution in [3.63, 3.8) is 0 Å². The first-order valence-electron chi connectivity index (χ1n) is 8.10. The van der Waals surface area contributed by atoms with E-state index in [9.17, 15) is 13.2 Å². The third-order valence-corrected chi connectivity index (χ3v) is 5.64. The molecule has 0 fully saturated rings.